The van der Waals surface area contributed by atoms with E-state index in [4.69, 9.17) is 0 Å². The second kappa shape index (κ2) is 4.07. The first kappa shape index (κ1) is 12.4. The first-order valence-electron chi connectivity index (χ1n) is 3.85. The Balaban J connectivity index is 2.57. The fourth-order valence-corrected chi connectivity index (χ4v) is 1.19. The van der Waals surface area contributed by atoms with Gasteiger partial charge in [-0.2, -0.15) is 27.1 Å². The molecule has 0 fully saturated rings. The van der Waals surface area contributed by atoms with E-state index in [1.807, 2.05) is 0 Å². The van der Waals surface area contributed by atoms with Crippen molar-refractivity contribution in [2.45, 2.75) is 25.1 Å². The summed E-state index contributed by atoms with van der Waals surface area (Å²) in [6.07, 6.45) is -4.18. The molecule has 0 saturated heterocycles. The zero-order valence-electron chi connectivity index (χ0n) is 7.23. The maximum atomic E-state index is 12.4. The summed E-state index contributed by atoms with van der Waals surface area (Å²) in [6, 6.07) is 0. The number of hydrogen-bond donors (Lipinski definition) is 0. The van der Waals surface area contributed by atoms with E-state index in [-0.39, 0.29) is 0 Å². The van der Waals surface area contributed by atoms with Crippen LogP contribution in [0.25, 0.3) is 0 Å². The van der Waals surface area contributed by atoms with E-state index in [0.717, 1.165) is 4.68 Å². The maximum Gasteiger partial charge on any atom is 0.453 e. The van der Waals surface area contributed by atoms with Crippen LogP contribution in [0.1, 0.15) is 6.42 Å². The third-order valence-electron chi connectivity index (χ3n) is 1.67. The van der Waals surface area contributed by atoms with E-state index in [9.17, 15) is 22.0 Å². The van der Waals surface area contributed by atoms with Crippen LogP contribution in [0, 0.1) is 0 Å². The molecule has 1 aromatic heterocycles. The van der Waals surface area contributed by atoms with Crippen LogP contribution in [0.5, 0.6) is 0 Å². The van der Waals surface area contributed by atoms with E-state index in [0.29, 0.717) is 4.47 Å². The average molecular weight is 293 g/mol. The number of nitrogens with zero attached hydrogens (tertiary/aromatic N) is 2. The summed E-state index contributed by atoms with van der Waals surface area (Å²) in [5, 5.41) is 3.57. The summed E-state index contributed by atoms with van der Waals surface area (Å²) >= 11 is 3.00. The third-order valence-corrected chi connectivity index (χ3v) is 2.08. The van der Waals surface area contributed by atoms with Crippen molar-refractivity contribution in [1.29, 1.82) is 0 Å². The standard InChI is InChI=1S/C7H6BrF5N2/c8-5-3-14-15(4-5)2-1-6(9,10)7(11,12)13/h3-4H,1-2H2. The van der Waals surface area contributed by atoms with Crippen molar-refractivity contribution in [3.63, 3.8) is 0 Å². The highest BCUT2D eigenvalue weighted by Crippen LogP contribution is 2.38. The predicted octanol–water partition coefficient (Wildman–Crippen LogP) is 3.23. The fraction of sp³-hybridized carbons (Fsp3) is 0.571. The summed E-state index contributed by atoms with van der Waals surface area (Å²) in [5.74, 6) is -4.68. The van der Waals surface area contributed by atoms with Gasteiger partial charge in [0.1, 0.15) is 0 Å². The molecule has 8 heteroatoms. The van der Waals surface area contributed by atoms with Crippen molar-refractivity contribution in [1.82, 2.24) is 9.78 Å². The maximum absolute atomic E-state index is 12.4. The Morgan fingerprint density at radius 1 is 1.27 bits per heavy atom. The molecule has 0 amide bonds. The second-order valence-electron chi connectivity index (χ2n) is 2.87. The number of alkyl halides is 5. The van der Waals surface area contributed by atoms with Gasteiger partial charge in [0.15, 0.2) is 0 Å². The minimum absolute atomic E-state index is 0.488. The normalized spacial score (nSPS) is 13.2. The Hall–Kier alpha value is -0.660. The summed E-state index contributed by atoms with van der Waals surface area (Å²) < 4.78 is 61.7. The quantitative estimate of drug-likeness (QED) is 0.782. The van der Waals surface area contributed by atoms with E-state index in [2.05, 4.69) is 21.0 Å². The van der Waals surface area contributed by atoms with E-state index >= 15 is 0 Å². The molecule has 0 bridgehead atoms. The summed E-state index contributed by atoms with van der Waals surface area (Å²) in [6.45, 7) is -0.488. The second-order valence-corrected chi connectivity index (χ2v) is 3.79. The van der Waals surface area contributed by atoms with E-state index in [1.165, 1.54) is 12.4 Å². The van der Waals surface area contributed by atoms with E-state index in [1.54, 1.807) is 0 Å². The molecule has 15 heavy (non-hydrogen) atoms. The molecule has 1 aromatic rings. The number of halogens is 6. The number of hydrogen-bond acceptors (Lipinski definition) is 1. The number of aromatic nitrogens is 2. The van der Waals surface area contributed by atoms with Gasteiger partial charge in [-0.1, -0.05) is 0 Å². The smallest absolute Gasteiger partial charge is 0.271 e. The minimum atomic E-state index is -5.50. The Bertz CT molecular complexity index is 332. The highest BCUT2D eigenvalue weighted by Gasteiger charge is 2.56. The first-order valence-corrected chi connectivity index (χ1v) is 4.64. The van der Waals surface area contributed by atoms with Crippen LogP contribution in [0.3, 0.4) is 0 Å². The Morgan fingerprint density at radius 3 is 2.27 bits per heavy atom. The lowest BCUT2D eigenvalue weighted by Crippen LogP contribution is -2.37. The van der Waals surface area contributed by atoms with Crippen molar-refractivity contribution in [3.05, 3.63) is 16.9 Å². The zero-order valence-corrected chi connectivity index (χ0v) is 8.82. The van der Waals surface area contributed by atoms with Crippen LogP contribution in [0.4, 0.5) is 22.0 Å². The molecular formula is C7H6BrF5N2. The van der Waals surface area contributed by atoms with Crippen molar-refractivity contribution < 1.29 is 22.0 Å². The van der Waals surface area contributed by atoms with Crippen molar-refractivity contribution >= 4 is 15.9 Å². The molecule has 0 saturated carbocycles. The molecule has 1 heterocycles. The zero-order chi connectivity index (χ0) is 11.7. The predicted molar refractivity (Wildman–Crippen MR) is 45.5 cm³/mol. The largest absolute Gasteiger partial charge is 0.453 e. The Kier molecular flexibility index (Phi) is 3.37. The lowest BCUT2D eigenvalue weighted by Gasteiger charge is -2.19. The Labute approximate surface area is 90.2 Å². The molecule has 0 unspecified atom stereocenters. The van der Waals surface area contributed by atoms with Crippen molar-refractivity contribution in [2.75, 3.05) is 0 Å². The molecule has 1 rings (SSSR count). The number of aryl methyl sites for hydroxylation is 1. The van der Waals surface area contributed by atoms with Crippen molar-refractivity contribution in [3.8, 4) is 0 Å². The van der Waals surface area contributed by atoms with Gasteiger partial charge in [-0.15, -0.1) is 0 Å². The van der Waals surface area contributed by atoms with Gasteiger partial charge in [0.2, 0.25) is 0 Å². The molecule has 0 N–H and O–H groups in total. The monoisotopic (exact) mass is 292 g/mol. The third kappa shape index (κ3) is 3.15. The van der Waals surface area contributed by atoms with Gasteiger partial charge in [-0.05, 0) is 15.9 Å². The summed E-state index contributed by atoms with van der Waals surface area (Å²) in [5.41, 5.74) is 0. The Morgan fingerprint density at radius 2 is 1.87 bits per heavy atom. The molecule has 0 radical (unpaired) electrons. The van der Waals surface area contributed by atoms with Crippen LogP contribution < -0.4 is 0 Å². The molecular weight excluding hydrogens is 287 g/mol. The molecule has 0 atom stereocenters. The molecule has 86 valence electrons. The van der Waals surface area contributed by atoms with Crippen LogP contribution in [-0.4, -0.2) is 21.9 Å². The topological polar surface area (TPSA) is 17.8 Å². The molecule has 0 aliphatic heterocycles. The summed E-state index contributed by atoms with van der Waals surface area (Å²) in [7, 11) is 0. The van der Waals surface area contributed by atoms with Crippen LogP contribution in [-0.2, 0) is 6.54 Å². The van der Waals surface area contributed by atoms with E-state index < -0.39 is 25.1 Å². The van der Waals surface area contributed by atoms with Gasteiger partial charge in [0.25, 0.3) is 0 Å². The minimum Gasteiger partial charge on any atom is -0.271 e. The lowest BCUT2D eigenvalue weighted by molar-refractivity contribution is -0.285. The van der Waals surface area contributed by atoms with Gasteiger partial charge < -0.3 is 0 Å². The average Bonchev–Trinajstić information content (AvgIpc) is 2.46. The fourth-order valence-electron chi connectivity index (χ4n) is 0.857. The molecule has 0 aliphatic rings. The SMILES string of the molecule is FC(F)(F)C(F)(F)CCn1cc(Br)cn1. The number of rotatable bonds is 3. The van der Waals surface area contributed by atoms with Crippen LogP contribution in [0.2, 0.25) is 0 Å². The van der Waals surface area contributed by atoms with Gasteiger partial charge in [0, 0.05) is 19.2 Å². The van der Waals surface area contributed by atoms with Gasteiger partial charge in [-0.25, -0.2) is 0 Å². The van der Waals surface area contributed by atoms with Gasteiger partial charge in [0.05, 0.1) is 10.7 Å². The molecule has 0 aliphatic carbocycles. The highest BCUT2D eigenvalue weighted by atomic mass is 79.9. The van der Waals surface area contributed by atoms with Crippen LogP contribution in [0.15, 0.2) is 16.9 Å². The highest BCUT2D eigenvalue weighted by molar-refractivity contribution is 9.10. The molecule has 2 nitrogen and oxygen atoms in total. The molecule has 0 spiro atoms. The van der Waals surface area contributed by atoms with Gasteiger partial charge >= 0.3 is 12.1 Å². The summed E-state index contributed by atoms with van der Waals surface area (Å²) in [4.78, 5) is 0. The van der Waals surface area contributed by atoms with Crippen LogP contribution >= 0.6 is 15.9 Å². The lowest BCUT2D eigenvalue weighted by atomic mass is 10.2. The van der Waals surface area contributed by atoms with Gasteiger partial charge in [-0.3, -0.25) is 4.68 Å². The first-order chi connectivity index (χ1) is 6.72. The van der Waals surface area contributed by atoms with Crippen molar-refractivity contribution in [2.24, 2.45) is 0 Å². The molecule has 0 aromatic carbocycles.